The van der Waals surface area contributed by atoms with Crippen LogP contribution in [0.1, 0.15) is 18.7 Å². The minimum absolute atomic E-state index is 0.216. The van der Waals surface area contributed by atoms with E-state index in [0.29, 0.717) is 18.9 Å². The maximum atomic E-state index is 9.63. The first-order valence-corrected chi connectivity index (χ1v) is 5.46. The summed E-state index contributed by atoms with van der Waals surface area (Å²) in [5.74, 6) is 0. The summed E-state index contributed by atoms with van der Waals surface area (Å²) >= 11 is 0. The molecule has 2 N–H and O–H groups in total. The van der Waals surface area contributed by atoms with E-state index < -0.39 is 12.2 Å². The first-order valence-electron chi connectivity index (χ1n) is 5.46. The Labute approximate surface area is 100.0 Å². The molecule has 0 bridgehead atoms. The summed E-state index contributed by atoms with van der Waals surface area (Å²) in [6.45, 7) is 3.06. The molecule has 0 saturated heterocycles. The molecular weight excluding hydrogens is 226 g/mol. The number of aliphatic hydroxyl groups excluding tert-OH is 2. The fourth-order valence-electron chi connectivity index (χ4n) is 1.22. The van der Waals surface area contributed by atoms with Crippen LogP contribution >= 0.6 is 0 Å². The van der Waals surface area contributed by atoms with Gasteiger partial charge in [-0.2, -0.15) is 0 Å². The van der Waals surface area contributed by atoms with Crippen molar-refractivity contribution in [1.82, 2.24) is 15.0 Å². The lowest BCUT2D eigenvalue weighted by atomic mass is 10.3. The van der Waals surface area contributed by atoms with Crippen molar-refractivity contribution in [1.29, 1.82) is 0 Å². The maximum Gasteiger partial charge on any atom is 0.111 e. The molecule has 1 rings (SSSR count). The molecule has 0 fully saturated rings. The third kappa shape index (κ3) is 5.22. The normalized spacial score (nSPS) is 14.8. The highest BCUT2D eigenvalue weighted by atomic mass is 16.5. The molecule has 1 heterocycles. The fraction of sp³-hybridized carbons (Fsp3) is 0.800. The number of hydrogen-bond acceptors (Lipinski definition) is 6. The third-order valence-corrected chi connectivity index (χ3v) is 2.12. The summed E-state index contributed by atoms with van der Waals surface area (Å²) in [4.78, 5) is 0. The summed E-state index contributed by atoms with van der Waals surface area (Å²) in [5, 5.41) is 26.4. The average Bonchev–Trinajstić information content (AvgIpc) is 2.73. The number of aliphatic hydroxyl groups is 2. The van der Waals surface area contributed by atoms with Crippen molar-refractivity contribution in [3.8, 4) is 0 Å². The molecule has 2 atom stereocenters. The zero-order valence-electron chi connectivity index (χ0n) is 10.1. The molecule has 2 unspecified atom stereocenters. The monoisotopic (exact) mass is 245 g/mol. The van der Waals surface area contributed by atoms with Gasteiger partial charge >= 0.3 is 0 Å². The Balaban J connectivity index is 2.27. The first kappa shape index (κ1) is 14.0. The molecule has 17 heavy (non-hydrogen) atoms. The lowest BCUT2D eigenvalue weighted by molar-refractivity contribution is 0.00578. The third-order valence-electron chi connectivity index (χ3n) is 2.12. The SMILES string of the molecule is COCCOCC(O)Cn1cc(C(C)O)nn1. The van der Waals surface area contributed by atoms with Crippen LogP contribution in [0, 0.1) is 0 Å². The molecule has 7 nitrogen and oxygen atoms in total. The zero-order valence-corrected chi connectivity index (χ0v) is 10.1. The lowest BCUT2D eigenvalue weighted by Gasteiger charge is -2.10. The molecule has 7 heteroatoms. The number of ether oxygens (including phenoxy) is 2. The molecule has 1 aromatic rings. The van der Waals surface area contributed by atoms with E-state index in [9.17, 15) is 10.2 Å². The van der Waals surface area contributed by atoms with Crippen LogP contribution in [0.25, 0.3) is 0 Å². The highest BCUT2D eigenvalue weighted by Crippen LogP contribution is 2.06. The quantitative estimate of drug-likeness (QED) is 0.592. The highest BCUT2D eigenvalue weighted by Gasteiger charge is 2.10. The molecule has 0 radical (unpaired) electrons. The second-order valence-electron chi connectivity index (χ2n) is 3.76. The maximum absolute atomic E-state index is 9.63. The van der Waals surface area contributed by atoms with Crippen molar-refractivity contribution in [2.24, 2.45) is 0 Å². The van der Waals surface area contributed by atoms with Gasteiger partial charge in [-0.3, -0.25) is 0 Å². The van der Waals surface area contributed by atoms with E-state index in [2.05, 4.69) is 10.3 Å². The molecule has 1 aromatic heterocycles. The molecule has 0 aliphatic carbocycles. The Morgan fingerprint density at radius 2 is 2.18 bits per heavy atom. The van der Waals surface area contributed by atoms with Crippen molar-refractivity contribution in [2.45, 2.75) is 25.7 Å². The number of hydrogen-bond donors (Lipinski definition) is 2. The molecule has 98 valence electrons. The van der Waals surface area contributed by atoms with Gasteiger partial charge in [0.15, 0.2) is 0 Å². The molecule has 0 aliphatic heterocycles. The summed E-state index contributed by atoms with van der Waals surface area (Å²) in [5.41, 5.74) is 0.484. The van der Waals surface area contributed by atoms with Crippen molar-refractivity contribution >= 4 is 0 Å². The number of methoxy groups -OCH3 is 1. The van der Waals surface area contributed by atoms with E-state index in [-0.39, 0.29) is 13.2 Å². The summed E-state index contributed by atoms with van der Waals surface area (Å²) in [6, 6.07) is 0. The van der Waals surface area contributed by atoms with Gasteiger partial charge in [0.1, 0.15) is 5.69 Å². The van der Waals surface area contributed by atoms with Gasteiger partial charge in [0.25, 0.3) is 0 Å². The second kappa shape index (κ2) is 7.33. The Morgan fingerprint density at radius 1 is 1.41 bits per heavy atom. The summed E-state index contributed by atoms with van der Waals surface area (Å²) < 4.78 is 11.5. The lowest BCUT2D eigenvalue weighted by Crippen LogP contribution is -2.23. The van der Waals surface area contributed by atoms with Crippen LogP contribution in [0.3, 0.4) is 0 Å². The van der Waals surface area contributed by atoms with Crippen LogP contribution < -0.4 is 0 Å². The van der Waals surface area contributed by atoms with Gasteiger partial charge in [-0.15, -0.1) is 5.10 Å². The zero-order chi connectivity index (χ0) is 12.7. The van der Waals surface area contributed by atoms with Crippen LogP contribution in [0.2, 0.25) is 0 Å². The van der Waals surface area contributed by atoms with Crippen molar-refractivity contribution in [3.05, 3.63) is 11.9 Å². The smallest absolute Gasteiger partial charge is 0.111 e. The topological polar surface area (TPSA) is 89.6 Å². The van der Waals surface area contributed by atoms with Gasteiger partial charge in [0, 0.05) is 7.11 Å². The Kier molecular flexibility index (Phi) is 6.06. The molecule has 0 amide bonds. The first-order chi connectivity index (χ1) is 8.13. The van der Waals surface area contributed by atoms with Gasteiger partial charge in [-0.25, -0.2) is 4.68 Å². The second-order valence-corrected chi connectivity index (χ2v) is 3.76. The molecule has 0 saturated carbocycles. The van der Waals surface area contributed by atoms with Gasteiger partial charge in [-0.05, 0) is 6.92 Å². The van der Waals surface area contributed by atoms with Crippen molar-refractivity contribution in [2.75, 3.05) is 26.9 Å². The molecule has 0 spiro atoms. The Bertz CT molecular complexity index is 316. The predicted molar refractivity (Wildman–Crippen MR) is 59.4 cm³/mol. The van der Waals surface area contributed by atoms with Crippen LogP contribution in [-0.2, 0) is 16.0 Å². The van der Waals surface area contributed by atoms with Gasteiger partial charge in [0.05, 0.1) is 44.8 Å². The van der Waals surface area contributed by atoms with Crippen LogP contribution in [0.5, 0.6) is 0 Å². The van der Waals surface area contributed by atoms with E-state index in [1.54, 1.807) is 20.2 Å². The Hall–Kier alpha value is -1.02. The van der Waals surface area contributed by atoms with E-state index in [1.165, 1.54) is 4.68 Å². The van der Waals surface area contributed by atoms with E-state index in [4.69, 9.17) is 9.47 Å². The van der Waals surface area contributed by atoms with Crippen LogP contribution in [0.15, 0.2) is 6.20 Å². The number of rotatable bonds is 8. The Morgan fingerprint density at radius 3 is 2.76 bits per heavy atom. The van der Waals surface area contributed by atoms with E-state index in [1.807, 2.05) is 0 Å². The molecular formula is C10H19N3O4. The summed E-state index contributed by atoms with van der Waals surface area (Å²) in [7, 11) is 1.59. The van der Waals surface area contributed by atoms with Crippen LogP contribution in [-0.4, -0.2) is 58.2 Å². The van der Waals surface area contributed by atoms with Crippen LogP contribution in [0.4, 0.5) is 0 Å². The highest BCUT2D eigenvalue weighted by molar-refractivity contribution is 4.95. The largest absolute Gasteiger partial charge is 0.389 e. The number of aromatic nitrogens is 3. The van der Waals surface area contributed by atoms with E-state index >= 15 is 0 Å². The minimum atomic E-state index is -0.657. The van der Waals surface area contributed by atoms with Gasteiger partial charge in [0.2, 0.25) is 0 Å². The summed E-state index contributed by atoms with van der Waals surface area (Å²) in [6.07, 6.45) is 0.289. The standard InChI is InChI=1S/C10H19N3O4/c1-8(14)10-6-13(12-11-10)5-9(15)7-17-4-3-16-2/h6,8-9,14-15H,3-5,7H2,1-2H3. The number of nitrogens with zero attached hydrogens (tertiary/aromatic N) is 3. The van der Waals surface area contributed by atoms with E-state index in [0.717, 1.165) is 0 Å². The molecule has 0 aliphatic rings. The van der Waals surface area contributed by atoms with Crippen molar-refractivity contribution in [3.63, 3.8) is 0 Å². The fourth-order valence-corrected chi connectivity index (χ4v) is 1.22. The predicted octanol–water partition coefficient (Wildman–Crippen LogP) is -0.645. The molecule has 0 aromatic carbocycles. The van der Waals surface area contributed by atoms with Crippen molar-refractivity contribution < 1.29 is 19.7 Å². The van der Waals surface area contributed by atoms with Gasteiger partial charge in [-0.1, -0.05) is 5.21 Å². The minimum Gasteiger partial charge on any atom is -0.389 e. The van der Waals surface area contributed by atoms with Gasteiger partial charge < -0.3 is 19.7 Å². The average molecular weight is 245 g/mol.